The van der Waals surface area contributed by atoms with Gasteiger partial charge in [-0.15, -0.1) is 11.3 Å². The molecule has 2 aromatic rings. The highest BCUT2D eigenvalue weighted by atomic mass is 32.2. The van der Waals surface area contributed by atoms with Gasteiger partial charge in [-0.3, -0.25) is 9.59 Å². The fourth-order valence-corrected chi connectivity index (χ4v) is 3.97. The van der Waals surface area contributed by atoms with E-state index in [2.05, 4.69) is 10.0 Å². The van der Waals surface area contributed by atoms with Crippen LogP contribution in [0.25, 0.3) is 0 Å². The van der Waals surface area contributed by atoms with E-state index < -0.39 is 21.9 Å². The monoisotopic (exact) mass is 396 g/mol. The molecule has 1 atom stereocenters. The van der Waals surface area contributed by atoms with Crippen LogP contribution in [0.15, 0.2) is 46.7 Å². The summed E-state index contributed by atoms with van der Waals surface area (Å²) in [5.41, 5.74) is 0.200. The highest BCUT2D eigenvalue weighted by molar-refractivity contribution is 7.89. The first kappa shape index (κ1) is 20.1. The summed E-state index contributed by atoms with van der Waals surface area (Å²) in [7, 11) is -3.74. The quantitative estimate of drug-likeness (QED) is 0.601. The van der Waals surface area contributed by atoms with Crippen molar-refractivity contribution in [2.75, 3.05) is 0 Å². The van der Waals surface area contributed by atoms with E-state index in [1.165, 1.54) is 35.6 Å². The minimum absolute atomic E-state index is 0.0000971. The van der Waals surface area contributed by atoms with Gasteiger partial charge in [-0.1, -0.05) is 12.1 Å². The van der Waals surface area contributed by atoms with Crippen LogP contribution in [0.2, 0.25) is 0 Å². The van der Waals surface area contributed by atoms with Crippen LogP contribution in [0.4, 0.5) is 0 Å². The zero-order chi connectivity index (χ0) is 19.2. The molecule has 0 spiro atoms. The minimum Gasteiger partial charge on any atom is -0.481 e. The van der Waals surface area contributed by atoms with Crippen molar-refractivity contribution in [3.05, 3.63) is 52.2 Å². The zero-order valence-corrected chi connectivity index (χ0v) is 15.8. The Labute approximate surface area is 156 Å². The Bertz CT molecular complexity index is 863. The molecule has 0 bridgehead atoms. The summed E-state index contributed by atoms with van der Waals surface area (Å²) < 4.78 is 27.3. The predicted molar refractivity (Wildman–Crippen MR) is 98.6 cm³/mol. The fraction of sp³-hybridized carbons (Fsp3) is 0.294. The molecule has 7 nitrogen and oxygen atoms in total. The van der Waals surface area contributed by atoms with E-state index in [1.807, 2.05) is 17.5 Å². The van der Waals surface area contributed by atoms with Gasteiger partial charge in [0.2, 0.25) is 10.0 Å². The van der Waals surface area contributed by atoms with Gasteiger partial charge in [-0.05, 0) is 43.0 Å². The second kappa shape index (κ2) is 8.93. The molecule has 0 fully saturated rings. The number of rotatable bonds is 9. The molecule has 0 aliphatic heterocycles. The Morgan fingerprint density at radius 3 is 2.65 bits per heavy atom. The number of benzene rings is 1. The third kappa shape index (κ3) is 5.94. The van der Waals surface area contributed by atoms with Crippen LogP contribution in [0.5, 0.6) is 0 Å². The van der Waals surface area contributed by atoms with Crippen LogP contribution in [0.3, 0.4) is 0 Å². The molecule has 9 heteroatoms. The number of hydrogen-bond acceptors (Lipinski definition) is 5. The van der Waals surface area contributed by atoms with Gasteiger partial charge in [-0.2, -0.15) is 0 Å². The van der Waals surface area contributed by atoms with E-state index in [1.54, 1.807) is 6.92 Å². The number of carbonyl (C=O) groups excluding carboxylic acids is 1. The first-order valence-electron chi connectivity index (χ1n) is 7.92. The third-order valence-electron chi connectivity index (χ3n) is 3.59. The maximum atomic E-state index is 12.4. The number of thiophene rings is 1. The summed E-state index contributed by atoms with van der Waals surface area (Å²) in [5, 5.41) is 13.2. The number of aliphatic carboxylic acids is 1. The van der Waals surface area contributed by atoms with Crippen LogP contribution >= 0.6 is 11.3 Å². The van der Waals surface area contributed by atoms with Gasteiger partial charge in [0.15, 0.2) is 0 Å². The van der Waals surface area contributed by atoms with Crippen molar-refractivity contribution in [2.24, 2.45) is 0 Å². The second-order valence-electron chi connectivity index (χ2n) is 5.74. The number of nitrogens with one attached hydrogen (secondary N) is 2. The molecule has 2 rings (SSSR count). The average Bonchev–Trinajstić information content (AvgIpc) is 3.12. The highest BCUT2D eigenvalue weighted by Crippen LogP contribution is 2.14. The number of carboxylic acids is 1. The Balaban J connectivity index is 2.03. The van der Waals surface area contributed by atoms with Crippen molar-refractivity contribution >= 4 is 33.2 Å². The molecule has 0 aliphatic rings. The van der Waals surface area contributed by atoms with Gasteiger partial charge in [0.25, 0.3) is 5.91 Å². The lowest BCUT2D eigenvalue weighted by molar-refractivity contribution is -0.137. The van der Waals surface area contributed by atoms with Gasteiger partial charge in [0, 0.05) is 29.4 Å². The molecule has 0 saturated heterocycles. The van der Waals surface area contributed by atoms with Crippen LogP contribution in [-0.2, 0) is 21.4 Å². The largest absolute Gasteiger partial charge is 0.481 e. The Morgan fingerprint density at radius 1 is 1.23 bits per heavy atom. The Hall–Kier alpha value is -2.23. The molecule has 0 aliphatic carbocycles. The average molecular weight is 396 g/mol. The summed E-state index contributed by atoms with van der Waals surface area (Å²) in [6.07, 6.45) is 0.240. The van der Waals surface area contributed by atoms with Gasteiger partial charge >= 0.3 is 5.97 Å². The summed E-state index contributed by atoms with van der Waals surface area (Å²) in [4.78, 5) is 23.7. The van der Waals surface area contributed by atoms with Gasteiger partial charge in [0.1, 0.15) is 0 Å². The predicted octanol–water partition coefficient (Wildman–Crippen LogP) is 2.21. The third-order valence-corrected chi connectivity index (χ3v) is 5.87. The molecule has 0 saturated carbocycles. The number of amides is 1. The van der Waals surface area contributed by atoms with Gasteiger partial charge < -0.3 is 10.4 Å². The summed E-state index contributed by atoms with van der Waals surface area (Å²) in [6, 6.07) is 9.06. The number of hydrogen-bond donors (Lipinski definition) is 3. The van der Waals surface area contributed by atoms with E-state index in [0.717, 1.165) is 4.88 Å². The molecule has 1 aromatic heterocycles. The number of carbonyl (C=O) groups is 2. The van der Waals surface area contributed by atoms with Crippen molar-refractivity contribution in [3.63, 3.8) is 0 Å². The number of carboxylic acid groups (broad SMARTS) is 1. The standard InChI is InChI=1S/C17H20N2O5S2/c1-12(7-8-16(20)21)19-17(22)13-4-2-6-15(10-13)26(23,24)18-11-14-5-3-9-25-14/h2-6,9-10,12,18H,7-8,11H2,1H3,(H,19,22)(H,20,21). The maximum absolute atomic E-state index is 12.4. The first-order chi connectivity index (χ1) is 12.3. The molecule has 140 valence electrons. The van der Waals surface area contributed by atoms with Gasteiger partial charge in [0.05, 0.1) is 4.90 Å². The molecular weight excluding hydrogens is 376 g/mol. The summed E-state index contributed by atoms with van der Waals surface area (Å²) in [5.74, 6) is -1.38. The van der Waals surface area contributed by atoms with Crippen LogP contribution in [0.1, 0.15) is 35.0 Å². The van der Waals surface area contributed by atoms with Crippen molar-refractivity contribution in [1.82, 2.24) is 10.0 Å². The normalized spacial score (nSPS) is 12.5. The first-order valence-corrected chi connectivity index (χ1v) is 10.3. The van der Waals surface area contributed by atoms with Crippen molar-refractivity contribution in [2.45, 2.75) is 37.2 Å². The van der Waals surface area contributed by atoms with Crippen molar-refractivity contribution in [3.8, 4) is 0 Å². The van der Waals surface area contributed by atoms with E-state index in [4.69, 9.17) is 5.11 Å². The SMILES string of the molecule is CC(CCC(=O)O)NC(=O)c1cccc(S(=O)(=O)NCc2cccs2)c1. The molecule has 1 heterocycles. The van der Waals surface area contributed by atoms with E-state index >= 15 is 0 Å². The van der Waals surface area contributed by atoms with Crippen LogP contribution in [0, 0.1) is 0 Å². The lowest BCUT2D eigenvalue weighted by Gasteiger charge is -2.13. The zero-order valence-electron chi connectivity index (χ0n) is 14.1. The van der Waals surface area contributed by atoms with E-state index in [0.29, 0.717) is 6.42 Å². The highest BCUT2D eigenvalue weighted by Gasteiger charge is 2.17. The fourth-order valence-electron chi connectivity index (χ4n) is 2.19. The molecule has 1 aromatic carbocycles. The van der Waals surface area contributed by atoms with Crippen molar-refractivity contribution < 1.29 is 23.1 Å². The van der Waals surface area contributed by atoms with Crippen LogP contribution in [-0.4, -0.2) is 31.4 Å². The molecule has 3 N–H and O–H groups in total. The lowest BCUT2D eigenvalue weighted by atomic mass is 10.1. The lowest BCUT2D eigenvalue weighted by Crippen LogP contribution is -2.33. The summed E-state index contributed by atoms with van der Waals surface area (Å²) in [6.45, 7) is 1.88. The Morgan fingerprint density at radius 2 is 2.00 bits per heavy atom. The second-order valence-corrected chi connectivity index (χ2v) is 8.54. The van der Waals surface area contributed by atoms with Gasteiger partial charge in [-0.25, -0.2) is 13.1 Å². The molecule has 26 heavy (non-hydrogen) atoms. The Kier molecular flexibility index (Phi) is 6.90. The van der Waals surface area contributed by atoms with Crippen LogP contribution < -0.4 is 10.0 Å². The summed E-state index contributed by atoms with van der Waals surface area (Å²) >= 11 is 1.45. The van der Waals surface area contributed by atoms with E-state index in [9.17, 15) is 18.0 Å². The molecule has 0 radical (unpaired) electrons. The maximum Gasteiger partial charge on any atom is 0.303 e. The molecule has 1 amide bonds. The topological polar surface area (TPSA) is 113 Å². The molecule has 1 unspecified atom stereocenters. The smallest absolute Gasteiger partial charge is 0.303 e. The molecular formula is C17H20N2O5S2. The minimum atomic E-state index is -3.74. The number of sulfonamides is 1. The van der Waals surface area contributed by atoms with E-state index in [-0.39, 0.29) is 29.5 Å². The van der Waals surface area contributed by atoms with Crippen molar-refractivity contribution in [1.29, 1.82) is 0 Å².